The Bertz CT molecular complexity index is 1430. The first-order valence-corrected chi connectivity index (χ1v) is 12.0. The van der Waals surface area contributed by atoms with Gasteiger partial charge in [0.05, 0.1) is 34.0 Å². The smallest absolute Gasteiger partial charge is 0.340 e. The third-order valence-electron chi connectivity index (χ3n) is 5.83. The average molecular weight is 550 g/mol. The van der Waals surface area contributed by atoms with Gasteiger partial charge in [-0.25, -0.2) is 4.79 Å². The number of hydrogen-bond acceptors (Lipinski definition) is 3. The maximum atomic E-state index is 13.6. The number of carbonyl (C=O) groups is 2. The molecule has 0 saturated heterocycles. The van der Waals surface area contributed by atoms with Crippen LogP contribution in [0.15, 0.2) is 59.3 Å². The number of amides is 1. The van der Waals surface area contributed by atoms with Crippen LogP contribution in [-0.4, -0.2) is 23.6 Å². The minimum atomic E-state index is -0.611. The number of nitrogens with zero attached hydrogens (tertiary/aromatic N) is 2. The largest absolute Gasteiger partial charge is 0.465 e. The van der Waals surface area contributed by atoms with Gasteiger partial charge in [0, 0.05) is 32.8 Å². The van der Waals surface area contributed by atoms with Crippen LogP contribution in [0.4, 0.5) is 5.69 Å². The predicted molar refractivity (Wildman–Crippen MR) is 142 cm³/mol. The van der Waals surface area contributed by atoms with Crippen LogP contribution >= 0.6 is 46.4 Å². The Morgan fingerprint density at radius 3 is 2.14 bits per heavy atom. The van der Waals surface area contributed by atoms with Crippen molar-refractivity contribution in [2.45, 2.75) is 20.8 Å². The van der Waals surface area contributed by atoms with Crippen molar-refractivity contribution in [3.05, 3.63) is 96.3 Å². The van der Waals surface area contributed by atoms with Crippen molar-refractivity contribution < 1.29 is 14.3 Å². The fraction of sp³-hybridized carbons (Fsp3) is 0.154. The van der Waals surface area contributed by atoms with Gasteiger partial charge in [-0.05, 0) is 74.9 Å². The number of esters is 1. The fourth-order valence-electron chi connectivity index (χ4n) is 4.27. The van der Waals surface area contributed by atoms with E-state index in [0.29, 0.717) is 31.5 Å². The monoisotopic (exact) mass is 548 g/mol. The van der Waals surface area contributed by atoms with Gasteiger partial charge in [0.25, 0.3) is 5.91 Å². The van der Waals surface area contributed by atoms with Gasteiger partial charge < -0.3 is 9.30 Å². The predicted octanol–water partition coefficient (Wildman–Crippen LogP) is 7.58. The van der Waals surface area contributed by atoms with E-state index in [1.54, 1.807) is 49.4 Å². The molecule has 35 heavy (non-hydrogen) atoms. The molecule has 2 aromatic carbocycles. The van der Waals surface area contributed by atoms with E-state index in [-0.39, 0.29) is 17.1 Å². The molecule has 1 aliphatic heterocycles. The Balaban J connectivity index is 1.86. The molecule has 1 aliphatic rings. The zero-order valence-corrected chi connectivity index (χ0v) is 22.3. The number of methoxy groups -OCH3 is 1. The van der Waals surface area contributed by atoms with E-state index in [9.17, 15) is 9.59 Å². The first kappa shape index (κ1) is 25.4. The summed E-state index contributed by atoms with van der Waals surface area (Å²) in [6, 6.07) is 12.1. The van der Waals surface area contributed by atoms with Gasteiger partial charge in [-0.2, -0.15) is 0 Å². The van der Waals surface area contributed by atoms with E-state index in [0.717, 1.165) is 22.6 Å². The van der Waals surface area contributed by atoms with Crippen molar-refractivity contribution in [1.82, 2.24) is 4.57 Å². The van der Waals surface area contributed by atoms with Crippen molar-refractivity contribution in [3.63, 3.8) is 0 Å². The molecule has 3 aromatic rings. The number of hydrogen-bond donors (Lipinski definition) is 0. The summed E-state index contributed by atoms with van der Waals surface area (Å²) >= 11 is 24.7. The fourth-order valence-corrected chi connectivity index (χ4v) is 5.08. The number of anilines is 1. The number of ether oxygens (including phenoxy) is 1. The van der Waals surface area contributed by atoms with Gasteiger partial charge >= 0.3 is 5.97 Å². The number of aromatic nitrogens is 1. The summed E-state index contributed by atoms with van der Waals surface area (Å²) in [5.41, 5.74) is 4.61. The van der Waals surface area contributed by atoms with E-state index >= 15 is 0 Å². The molecule has 0 bridgehead atoms. The van der Waals surface area contributed by atoms with Crippen molar-refractivity contribution in [1.29, 1.82) is 0 Å². The van der Waals surface area contributed by atoms with Gasteiger partial charge in [-0.1, -0.05) is 46.4 Å². The van der Waals surface area contributed by atoms with Crippen LogP contribution in [0.1, 0.15) is 23.9 Å². The third-order valence-corrected chi connectivity index (χ3v) is 7.00. The average Bonchev–Trinajstić information content (AvgIpc) is 3.20. The molecule has 0 atom stereocenters. The Hall–Kier alpha value is -2.70. The van der Waals surface area contributed by atoms with Gasteiger partial charge in [-0.3, -0.25) is 9.69 Å². The SMILES string of the molecule is COC(=O)C1=C(C)N(c2ccc(Cl)c(Cl)c2)C(=O)/C1=C\c1cc(C)n(-c2cc(Cl)cc(Cl)c2)c1C. The molecule has 0 N–H and O–H groups in total. The lowest BCUT2D eigenvalue weighted by Crippen LogP contribution is -2.24. The van der Waals surface area contributed by atoms with Gasteiger partial charge in [0.2, 0.25) is 0 Å². The zero-order chi connectivity index (χ0) is 25.6. The van der Waals surface area contributed by atoms with Crippen LogP contribution in [-0.2, 0) is 14.3 Å². The number of carbonyl (C=O) groups excluding carboxylic acids is 2. The molecule has 0 aliphatic carbocycles. The maximum Gasteiger partial charge on any atom is 0.340 e. The molecule has 0 spiro atoms. The lowest BCUT2D eigenvalue weighted by atomic mass is 10.0. The highest BCUT2D eigenvalue weighted by Crippen LogP contribution is 2.38. The molecule has 1 aromatic heterocycles. The maximum absolute atomic E-state index is 13.6. The standard InChI is InChI=1S/C26H20Cl4N2O3/c1-13-7-16(14(2)31(13)20-10-17(27)9-18(28)11-20)8-21-24(26(34)35-4)15(3)32(25(21)33)19-5-6-22(29)23(30)12-19/h5-12H,1-4H3/b21-8-. The quantitative estimate of drug-likeness (QED) is 0.249. The second-order valence-electron chi connectivity index (χ2n) is 8.04. The first-order valence-electron chi connectivity index (χ1n) is 10.5. The summed E-state index contributed by atoms with van der Waals surface area (Å²) < 4.78 is 6.99. The number of allylic oxidation sites excluding steroid dienone is 1. The van der Waals surface area contributed by atoms with E-state index in [1.807, 2.05) is 24.5 Å². The van der Waals surface area contributed by atoms with Crippen LogP contribution < -0.4 is 4.90 Å². The van der Waals surface area contributed by atoms with Crippen LogP contribution in [0.5, 0.6) is 0 Å². The van der Waals surface area contributed by atoms with Crippen LogP contribution in [0.3, 0.4) is 0 Å². The number of benzene rings is 2. The minimum Gasteiger partial charge on any atom is -0.465 e. The summed E-state index contributed by atoms with van der Waals surface area (Å²) in [5.74, 6) is -0.989. The van der Waals surface area contributed by atoms with E-state index in [2.05, 4.69) is 0 Å². The normalized spacial score (nSPS) is 14.9. The summed E-state index contributed by atoms with van der Waals surface area (Å²) in [7, 11) is 1.28. The summed E-state index contributed by atoms with van der Waals surface area (Å²) in [4.78, 5) is 27.8. The molecule has 180 valence electrons. The molecule has 5 nitrogen and oxygen atoms in total. The van der Waals surface area contributed by atoms with Gasteiger partial charge in [0.15, 0.2) is 0 Å². The number of halogens is 4. The van der Waals surface area contributed by atoms with Gasteiger partial charge in [0.1, 0.15) is 0 Å². The molecule has 0 fully saturated rings. The van der Waals surface area contributed by atoms with E-state index < -0.39 is 5.97 Å². The molecular weight excluding hydrogens is 530 g/mol. The highest BCUT2D eigenvalue weighted by Gasteiger charge is 2.38. The molecule has 0 radical (unpaired) electrons. The Morgan fingerprint density at radius 1 is 0.886 bits per heavy atom. The molecule has 2 heterocycles. The van der Waals surface area contributed by atoms with Crippen molar-refractivity contribution in [2.24, 2.45) is 0 Å². The van der Waals surface area contributed by atoms with E-state index in [1.165, 1.54) is 12.0 Å². The Kier molecular flexibility index (Phi) is 7.07. The second-order valence-corrected chi connectivity index (χ2v) is 9.73. The zero-order valence-electron chi connectivity index (χ0n) is 19.2. The molecule has 1 amide bonds. The number of rotatable bonds is 4. The van der Waals surface area contributed by atoms with Crippen molar-refractivity contribution in [3.8, 4) is 5.69 Å². The third kappa shape index (κ3) is 4.62. The lowest BCUT2D eigenvalue weighted by Gasteiger charge is -2.18. The number of aryl methyl sites for hydroxylation is 1. The minimum absolute atomic E-state index is 0.180. The van der Waals surface area contributed by atoms with E-state index in [4.69, 9.17) is 51.1 Å². The second kappa shape index (κ2) is 9.75. The molecule has 0 saturated carbocycles. The Morgan fingerprint density at radius 2 is 1.54 bits per heavy atom. The topological polar surface area (TPSA) is 51.5 Å². The lowest BCUT2D eigenvalue weighted by molar-refractivity contribution is -0.136. The molecule has 9 heteroatoms. The molecule has 4 rings (SSSR count). The van der Waals surface area contributed by atoms with Gasteiger partial charge in [-0.15, -0.1) is 0 Å². The molecular formula is C26H20Cl4N2O3. The molecule has 0 unspecified atom stereocenters. The van der Waals surface area contributed by atoms with Crippen LogP contribution in [0.2, 0.25) is 20.1 Å². The van der Waals surface area contributed by atoms with Crippen LogP contribution in [0, 0.1) is 13.8 Å². The summed E-state index contributed by atoms with van der Waals surface area (Å²) in [6.45, 7) is 5.54. The first-order chi connectivity index (χ1) is 16.5. The highest BCUT2D eigenvalue weighted by atomic mass is 35.5. The van der Waals surface area contributed by atoms with Crippen molar-refractivity contribution in [2.75, 3.05) is 12.0 Å². The summed E-state index contributed by atoms with van der Waals surface area (Å²) in [5, 5.41) is 1.68. The summed E-state index contributed by atoms with van der Waals surface area (Å²) in [6.07, 6.45) is 1.70. The Labute approximate surface area is 223 Å². The van der Waals surface area contributed by atoms with Crippen LogP contribution in [0.25, 0.3) is 11.8 Å². The highest BCUT2D eigenvalue weighted by molar-refractivity contribution is 6.42. The van der Waals surface area contributed by atoms with Crippen molar-refractivity contribution >= 4 is 70.0 Å².